The number of alkyl halides is 3. The minimum atomic E-state index is -4.42. The quantitative estimate of drug-likeness (QED) is 0.864. The van der Waals surface area contributed by atoms with E-state index in [0.29, 0.717) is 0 Å². The van der Waals surface area contributed by atoms with Gasteiger partial charge in [-0.05, 0) is 27.2 Å². The Labute approximate surface area is 122 Å². The van der Waals surface area contributed by atoms with Gasteiger partial charge in [0, 0.05) is 32.8 Å². The summed E-state index contributed by atoms with van der Waals surface area (Å²) in [4.78, 5) is 14.2. The fraction of sp³-hybridized carbons (Fsp3) is 0.923. The van der Waals surface area contributed by atoms with Gasteiger partial charge >= 0.3 is 12.3 Å². The van der Waals surface area contributed by atoms with Crippen LogP contribution in [-0.4, -0.2) is 71.6 Å². The maximum Gasteiger partial charge on any atom is 0.410 e. The number of halogens is 3. The first-order chi connectivity index (χ1) is 9.54. The second-order valence-electron chi connectivity index (χ2n) is 6.10. The summed E-state index contributed by atoms with van der Waals surface area (Å²) >= 11 is 0. The molecule has 1 aliphatic rings. The van der Waals surface area contributed by atoms with Gasteiger partial charge in [0.2, 0.25) is 0 Å². The topological polar surface area (TPSA) is 53.0 Å². The number of amides is 1. The third-order valence-corrected chi connectivity index (χ3v) is 3.12. The van der Waals surface area contributed by atoms with E-state index in [9.17, 15) is 18.0 Å². The van der Waals surface area contributed by atoms with Gasteiger partial charge in [-0.3, -0.25) is 4.90 Å². The number of ether oxygens (including phenoxy) is 1. The minimum Gasteiger partial charge on any atom is -0.444 e. The average Bonchev–Trinajstić information content (AvgIpc) is 2.33. The zero-order valence-corrected chi connectivity index (χ0v) is 12.6. The van der Waals surface area contributed by atoms with Crippen LogP contribution in [0, 0.1) is 0 Å². The molecule has 1 saturated heterocycles. The lowest BCUT2D eigenvalue weighted by atomic mass is 10.1. The highest BCUT2D eigenvalue weighted by Gasteiger charge is 2.47. The summed E-state index contributed by atoms with van der Waals surface area (Å²) in [6.45, 7) is 4.87. The first-order valence-corrected chi connectivity index (χ1v) is 6.94. The van der Waals surface area contributed by atoms with Crippen molar-refractivity contribution in [2.75, 3.05) is 32.8 Å². The van der Waals surface area contributed by atoms with Crippen LogP contribution in [0.5, 0.6) is 0 Å². The molecule has 0 saturated carbocycles. The van der Waals surface area contributed by atoms with Crippen LogP contribution in [0.1, 0.15) is 27.2 Å². The van der Waals surface area contributed by atoms with Gasteiger partial charge in [-0.25, -0.2) is 4.79 Å². The molecule has 0 aromatic carbocycles. The van der Waals surface area contributed by atoms with E-state index in [2.05, 4.69) is 0 Å². The second kappa shape index (κ2) is 6.83. The number of aliphatic hydroxyl groups excluding tert-OH is 1. The number of hydrogen-bond donors (Lipinski definition) is 1. The van der Waals surface area contributed by atoms with Crippen molar-refractivity contribution in [2.24, 2.45) is 0 Å². The molecule has 8 heteroatoms. The molecule has 21 heavy (non-hydrogen) atoms. The lowest BCUT2D eigenvalue weighted by Gasteiger charge is -2.42. The molecule has 1 aliphatic heterocycles. The zero-order valence-electron chi connectivity index (χ0n) is 12.6. The molecule has 1 N–H and O–H groups in total. The molecule has 1 amide bonds. The van der Waals surface area contributed by atoms with Crippen molar-refractivity contribution in [2.45, 2.75) is 45.0 Å². The Hall–Kier alpha value is -1.02. The third-order valence-electron chi connectivity index (χ3n) is 3.12. The number of carbonyl (C=O) groups is 1. The van der Waals surface area contributed by atoms with Crippen molar-refractivity contribution < 1.29 is 27.8 Å². The third kappa shape index (κ3) is 5.70. The largest absolute Gasteiger partial charge is 0.444 e. The van der Waals surface area contributed by atoms with Gasteiger partial charge < -0.3 is 14.7 Å². The molecular formula is C13H23F3N2O3. The maximum atomic E-state index is 13.1. The second-order valence-corrected chi connectivity index (χ2v) is 6.10. The molecule has 1 fully saturated rings. The van der Waals surface area contributed by atoms with Crippen molar-refractivity contribution in [1.82, 2.24) is 9.80 Å². The molecule has 1 rings (SSSR count). The Kier molecular flexibility index (Phi) is 5.86. The number of piperazine rings is 1. The normalized spacial score (nSPS) is 21.5. The van der Waals surface area contributed by atoms with Crippen LogP contribution in [0.3, 0.4) is 0 Å². The van der Waals surface area contributed by atoms with E-state index >= 15 is 0 Å². The summed E-state index contributed by atoms with van der Waals surface area (Å²) in [6, 6.07) is -1.72. The molecule has 0 radical (unpaired) electrons. The van der Waals surface area contributed by atoms with Crippen LogP contribution in [0.4, 0.5) is 18.0 Å². The average molecular weight is 312 g/mol. The molecule has 1 atom stereocenters. The summed E-state index contributed by atoms with van der Waals surface area (Å²) in [6.07, 6.45) is -4.87. The predicted octanol–water partition coefficient (Wildman–Crippen LogP) is 1.85. The molecular weight excluding hydrogens is 289 g/mol. The highest BCUT2D eigenvalue weighted by atomic mass is 19.4. The fourth-order valence-corrected chi connectivity index (χ4v) is 2.16. The fourth-order valence-electron chi connectivity index (χ4n) is 2.16. The van der Waals surface area contributed by atoms with Crippen LogP contribution in [0.15, 0.2) is 0 Å². The number of aliphatic hydroxyl groups is 1. The van der Waals surface area contributed by atoms with Crippen LogP contribution in [-0.2, 0) is 4.74 Å². The Morgan fingerprint density at radius 2 is 1.90 bits per heavy atom. The Morgan fingerprint density at radius 1 is 1.29 bits per heavy atom. The molecule has 0 aliphatic carbocycles. The van der Waals surface area contributed by atoms with Gasteiger partial charge in [-0.15, -0.1) is 0 Å². The van der Waals surface area contributed by atoms with E-state index in [0.717, 1.165) is 4.90 Å². The Balaban J connectivity index is 2.72. The first-order valence-electron chi connectivity index (χ1n) is 6.94. The van der Waals surface area contributed by atoms with Crippen molar-refractivity contribution >= 4 is 6.09 Å². The lowest BCUT2D eigenvalue weighted by molar-refractivity contribution is -0.195. The Bertz CT molecular complexity index is 356. The Morgan fingerprint density at radius 3 is 2.38 bits per heavy atom. The maximum absolute atomic E-state index is 13.1. The summed E-state index contributed by atoms with van der Waals surface area (Å²) < 4.78 is 44.4. The highest BCUT2D eigenvalue weighted by Crippen LogP contribution is 2.28. The van der Waals surface area contributed by atoms with Crippen LogP contribution in [0.25, 0.3) is 0 Å². The SMILES string of the molecule is CC(C)(C)OC(=O)N1CCN(CCCO)[C@H](C(F)(F)F)C1. The van der Waals surface area contributed by atoms with E-state index in [1.54, 1.807) is 20.8 Å². The molecule has 0 spiro atoms. The van der Waals surface area contributed by atoms with E-state index in [4.69, 9.17) is 9.84 Å². The molecule has 0 unspecified atom stereocenters. The number of nitrogens with zero attached hydrogens (tertiary/aromatic N) is 2. The number of hydrogen-bond acceptors (Lipinski definition) is 4. The van der Waals surface area contributed by atoms with Crippen molar-refractivity contribution in [1.29, 1.82) is 0 Å². The smallest absolute Gasteiger partial charge is 0.410 e. The molecule has 5 nitrogen and oxygen atoms in total. The van der Waals surface area contributed by atoms with Gasteiger partial charge in [0.15, 0.2) is 0 Å². The minimum absolute atomic E-state index is 0.115. The van der Waals surface area contributed by atoms with Crippen molar-refractivity contribution in [3.05, 3.63) is 0 Å². The lowest BCUT2D eigenvalue weighted by Crippen LogP contribution is -2.60. The van der Waals surface area contributed by atoms with Gasteiger partial charge in [0.1, 0.15) is 11.6 Å². The van der Waals surface area contributed by atoms with E-state index in [1.807, 2.05) is 0 Å². The highest BCUT2D eigenvalue weighted by molar-refractivity contribution is 5.68. The summed E-state index contributed by atoms with van der Waals surface area (Å²) in [7, 11) is 0. The van der Waals surface area contributed by atoms with Crippen LogP contribution >= 0.6 is 0 Å². The van der Waals surface area contributed by atoms with Gasteiger partial charge in [-0.2, -0.15) is 13.2 Å². The van der Waals surface area contributed by atoms with Gasteiger partial charge in [0.25, 0.3) is 0 Å². The molecule has 0 aromatic rings. The summed E-state index contributed by atoms with van der Waals surface area (Å²) in [5.74, 6) is 0. The zero-order chi connectivity index (χ0) is 16.3. The van der Waals surface area contributed by atoms with E-state index < -0.39 is 30.5 Å². The van der Waals surface area contributed by atoms with Crippen LogP contribution in [0.2, 0.25) is 0 Å². The van der Waals surface area contributed by atoms with Crippen LogP contribution < -0.4 is 0 Å². The first kappa shape index (κ1) is 18.0. The summed E-state index contributed by atoms with van der Waals surface area (Å²) in [5.41, 5.74) is -0.737. The van der Waals surface area contributed by atoms with Gasteiger partial charge in [0.05, 0.1) is 0 Å². The monoisotopic (exact) mass is 312 g/mol. The standard InChI is InChI=1S/C13H23F3N2O3/c1-12(2,3)21-11(20)18-7-6-17(5-4-8-19)10(9-18)13(14,15)16/h10,19H,4-9H2,1-3H3/t10-/m0/s1. The number of rotatable bonds is 3. The van der Waals surface area contributed by atoms with E-state index in [1.165, 1.54) is 4.90 Å². The van der Waals surface area contributed by atoms with Crippen molar-refractivity contribution in [3.63, 3.8) is 0 Å². The van der Waals surface area contributed by atoms with E-state index in [-0.39, 0.29) is 32.7 Å². The predicted molar refractivity (Wildman–Crippen MR) is 70.9 cm³/mol. The molecule has 1 heterocycles. The van der Waals surface area contributed by atoms with Crippen molar-refractivity contribution in [3.8, 4) is 0 Å². The molecule has 124 valence electrons. The summed E-state index contributed by atoms with van der Waals surface area (Å²) in [5, 5.41) is 8.76. The molecule has 0 bridgehead atoms. The molecule has 0 aromatic heterocycles. The van der Waals surface area contributed by atoms with Gasteiger partial charge in [-0.1, -0.05) is 0 Å². The number of carbonyl (C=O) groups excluding carboxylic acids is 1.